The van der Waals surface area contributed by atoms with Crippen LogP contribution in [-0.4, -0.2) is 34.6 Å². The SMILES string of the molecule is COC(=O)c1cccc(CS(=O)(=O)NCC2NCCc3ccccc32)c1. The number of nitrogens with one attached hydrogen (secondary N) is 2. The highest BCUT2D eigenvalue weighted by molar-refractivity contribution is 7.88. The predicted molar refractivity (Wildman–Crippen MR) is 99.3 cm³/mol. The van der Waals surface area contributed by atoms with E-state index in [0.717, 1.165) is 18.5 Å². The highest BCUT2D eigenvalue weighted by atomic mass is 32.2. The van der Waals surface area contributed by atoms with Crippen molar-refractivity contribution in [3.8, 4) is 0 Å². The van der Waals surface area contributed by atoms with Crippen LogP contribution in [0.15, 0.2) is 48.5 Å². The molecule has 138 valence electrons. The van der Waals surface area contributed by atoms with Crippen molar-refractivity contribution in [1.82, 2.24) is 10.0 Å². The summed E-state index contributed by atoms with van der Waals surface area (Å²) in [5, 5.41) is 3.36. The molecule has 0 fully saturated rings. The first-order valence-corrected chi connectivity index (χ1v) is 10.1. The molecule has 1 heterocycles. The van der Waals surface area contributed by atoms with E-state index in [2.05, 4.69) is 20.8 Å². The molecule has 26 heavy (non-hydrogen) atoms. The number of rotatable bonds is 6. The standard InChI is InChI=1S/C19H22N2O4S/c1-25-19(22)16-7-4-5-14(11-16)13-26(23,24)21-12-18-17-8-3-2-6-15(17)9-10-20-18/h2-8,11,18,20-21H,9-10,12-13H2,1H3. The Morgan fingerprint density at radius 1 is 1.23 bits per heavy atom. The zero-order valence-corrected chi connectivity index (χ0v) is 15.4. The third-order valence-electron chi connectivity index (χ3n) is 4.43. The Hall–Kier alpha value is -2.22. The molecular weight excluding hydrogens is 352 g/mol. The molecule has 6 nitrogen and oxygen atoms in total. The normalized spacial score (nSPS) is 16.7. The lowest BCUT2D eigenvalue weighted by molar-refractivity contribution is 0.0600. The van der Waals surface area contributed by atoms with Gasteiger partial charge in [-0.25, -0.2) is 17.9 Å². The molecule has 1 atom stereocenters. The van der Waals surface area contributed by atoms with E-state index in [9.17, 15) is 13.2 Å². The van der Waals surface area contributed by atoms with E-state index in [4.69, 9.17) is 0 Å². The van der Waals surface area contributed by atoms with Crippen molar-refractivity contribution in [1.29, 1.82) is 0 Å². The van der Waals surface area contributed by atoms with Crippen molar-refractivity contribution in [3.05, 3.63) is 70.8 Å². The highest BCUT2D eigenvalue weighted by Gasteiger charge is 2.21. The maximum absolute atomic E-state index is 12.5. The molecule has 0 aromatic heterocycles. The van der Waals surface area contributed by atoms with E-state index < -0.39 is 16.0 Å². The highest BCUT2D eigenvalue weighted by Crippen LogP contribution is 2.22. The fourth-order valence-electron chi connectivity index (χ4n) is 3.16. The first-order valence-electron chi connectivity index (χ1n) is 8.44. The fourth-order valence-corrected chi connectivity index (χ4v) is 4.30. The van der Waals surface area contributed by atoms with E-state index in [1.165, 1.54) is 12.7 Å². The number of sulfonamides is 1. The lowest BCUT2D eigenvalue weighted by Gasteiger charge is -2.27. The van der Waals surface area contributed by atoms with Crippen molar-refractivity contribution < 1.29 is 17.9 Å². The van der Waals surface area contributed by atoms with Crippen LogP contribution >= 0.6 is 0 Å². The van der Waals surface area contributed by atoms with Gasteiger partial charge in [0, 0.05) is 12.6 Å². The first-order chi connectivity index (χ1) is 12.5. The Bertz CT molecular complexity index is 896. The molecule has 0 amide bonds. The molecular formula is C19H22N2O4S. The van der Waals surface area contributed by atoms with Gasteiger partial charge in [-0.3, -0.25) is 0 Å². The van der Waals surface area contributed by atoms with Gasteiger partial charge in [0.2, 0.25) is 10.0 Å². The van der Waals surface area contributed by atoms with Crippen LogP contribution in [0.3, 0.4) is 0 Å². The lowest BCUT2D eigenvalue weighted by Crippen LogP contribution is -2.39. The van der Waals surface area contributed by atoms with Crippen LogP contribution in [0.5, 0.6) is 0 Å². The quantitative estimate of drug-likeness (QED) is 0.753. The van der Waals surface area contributed by atoms with Crippen LogP contribution in [0.4, 0.5) is 0 Å². The second-order valence-electron chi connectivity index (χ2n) is 6.26. The number of carbonyl (C=O) groups excluding carboxylic acids is 1. The van der Waals surface area contributed by atoms with Gasteiger partial charge in [-0.1, -0.05) is 36.4 Å². The van der Waals surface area contributed by atoms with Crippen LogP contribution < -0.4 is 10.0 Å². The summed E-state index contributed by atoms with van der Waals surface area (Å²) >= 11 is 0. The van der Waals surface area contributed by atoms with Gasteiger partial charge in [0.1, 0.15) is 0 Å². The number of carbonyl (C=O) groups is 1. The molecule has 3 rings (SSSR count). The second kappa shape index (κ2) is 7.99. The number of methoxy groups -OCH3 is 1. The molecule has 7 heteroatoms. The van der Waals surface area contributed by atoms with E-state index in [-0.39, 0.29) is 18.3 Å². The molecule has 2 aromatic carbocycles. The minimum Gasteiger partial charge on any atom is -0.465 e. The summed E-state index contributed by atoms with van der Waals surface area (Å²) in [5.41, 5.74) is 3.26. The number of fused-ring (bicyclic) bond motifs is 1. The number of benzene rings is 2. The molecule has 1 aliphatic heterocycles. The summed E-state index contributed by atoms with van der Waals surface area (Å²) in [4.78, 5) is 11.6. The molecule has 2 N–H and O–H groups in total. The van der Waals surface area contributed by atoms with Gasteiger partial charge in [0.15, 0.2) is 0 Å². The first kappa shape index (κ1) is 18.6. The summed E-state index contributed by atoms with van der Waals surface area (Å²) in [6, 6.07) is 14.5. The molecule has 2 aromatic rings. The van der Waals surface area contributed by atoms with Gasteiger partial charge in [-0.15, -0.1) is 0 Å². The maximum atomic E-state index is 12.5. The maximum Gasteiger partial charge on any atom is 0.337 e. The smallest absolute Gasteiger partial charge is 0.337 e. The largest absolute Gasteiger partial charge is 0.465 e. The molecule has 0 saturated heterocycles. The molecule has 0 spiro atoms. The van der Waals surface area contributed by atoms with Gasteiger partial charge in [-0.2, -0.15) is 0 Å². The molecule has 0 aliphatic carbocycles. The number of ether oxygens (including phenoxy) is 1. The summed E-state index contributed by atoms with van der Waals surface area (Å²) < 4.78 is 32.2. The average Bonchev–Trinajstić information content (AvgIpc) is 2.65. The summed E-state index contributed by atoms with van der Waals surface area (Å²) in [6.07, 6.45) is 0.944. The average molecular weight is 374 g/mol. The van der Waals surface area contributed by atoms with Crippen molar-refractivity contribution in [2.75, 3.05) is 20.2 Å². The van der Waals surface area contributed by atoms with Gasteiger partial charge >= 0.3 is 5.97 Å². The van der Waals surface area contributed by atoms with Crippen LogP contribution in [0.25, 0.3) is 0 Å². The Morgan fingerprint density at radius 2 is 2.04 bits per heavy atom. The Labute approximate surface area is 153 Å². The molecule has 1 unspecified atom stereocenters. The number of esters is 1. The van der Waals surface area contributed by atoms with E-state index in [1.54, 1.807) is 24.3 Å². The monoisotopic (exact) mass is 374 g/mol. The Kier molecular flexibility index (Phi) is 5.70. The van der Waals surface area contributed by atoms with Crippen molar-refractivity contribution in [2.45, 2.75) is 18.2 Å². The Balaban J connectivity index is 1.66. The fraction of sp³-hybridized carbons (Fsp3) is 0.316. The summed E-state index contributed by atoms with van der Waals surface area (Å²) in [7, 11) is -2.23. The van der Waals surface area contributed by atoms with Gasteiger partial charge < -0.3 is 10.1 Å². The summed E-state index contributed by atoms with van der Waals surface area (Å²) in [5.74, 6) is -0.674. The Morgan fingerprint density at radius 3 is 2.85 bits per heavy atom. The van der Waals surface area contributed by atoms with E-state index in [0.29, 0.717) is 11.1 Å². The molecule has 1 aliphatic rings. The van der Waals surface area contributed by atoms with E-state index in [1.807, 2.05) is 18.2 Å². The van der Waals surface area contributed by atoms with Gasteiger partial charge in [0.25, 0.3) is 0 Å². The predicted octanol–water partition coefficient (Wildman–Crippen LogP) is 1.78. The lowest BCUT2D eigenvalue weighted by atomic mass is 9.95. The van der Waals surface area contributed by atoms with Gasteiger partial charge in [0.05, 0.1) is 18.4 Å². The zero-order chi connectivity index (χ0) is 18.6. The topological polar surface area (TPSA) is 84.5 Å². The van der Waals surface area contributed by atoms with Crippen molar-refractivity contribution >= 4 is 16.0 Å². The molecule has 0 bridgehead atoms. The molecule has 0 saturated carbocycles. The van der Waals surface area contributed by atoms with Crippen LogP contribution in [0, 0.1) is 0 Å². The van der Waals surface area contributed by atoms with Crippen LogP contribution in [-0.2, 0) is 26.9 Å². The van der Waals surface area contributed by atoms with E-state index >= 15 is 0 Å². The minimum atomic E-state index is -3.53. The van der Waals surface area contributed by atoms with Crippen LogP contribution in [0.2, 0.25) is 0 Å². The third-order valence-corrected chi connectivity index (χ3v) is 5.75. The zero-order valence-electron chi connectivity index (χ0n) is 14.6. The summed E-state index contributed by atoms with van der Waals surface area (Å²) in [6.45, 7) is 1.11. The number of hydrogen-bond acceptors (Lipinski definition) is 5. The second-order valence-corrected chi connectivity index (χ2v) is 8.06. The third kappa shape index (κ3) is 4.49. The van der Waals surface area contributed by atoms with Crippen molar-refractivity contribution in [2.24, 2.45) is 0 Å². The van der Waals surface area contributed by atoms with Crippen LogP contribution in [0.1, 0.15) is 33.1 Å². The minimum absolute atomic E-state index is 0.0453. The molecule has 0 radical (unpaired) electrons. The number of hydrogen-bond donors (Lipinski definition) is 2. The van der Waals surface area contributed by atoms with Gasteiger partial charge in [-0.05, 0) is 41.8 Å². The van der Waals surface area contributed by atoms with Crippen molar-refractivity contribution in [3.63, 3.8) is 0 Å².